The van der Waals surface area contributed by atoms with E-state index in [1.54, 1.807) is 19.2 Å². The SMILES string of the molecule is COc1cc(C=Cc2cc(N)cc(OC)c2CC=C(C)C)ccc1O. The summed E-state index contributed by atoms with van der Waals surface area (Å²) in [6, 6.07) is 9.00. The summed E-state index contributed by atoms with van der Waals surface area (Å²) in [7, 11) is 3.18. The minimum atomic E-state index is 0.120. The maximum absolute atomic E-state index is 9.70. The van der Waals surface area contributed by atoms with Crippen molar-refractivity contribution >= 4 is 17.8 Å². The first-order valence-corrected chi connectivity index (χ1v) is 8.09. The Bertz CT molecular complexity index is 803. The standard InChI is InChI=1S/C21H25NO3/c1-14(2)5-9-18-16(12-17(22)13-20(18)24-3)8-6-15-7-10-19(23)21(11-15)25-4/h5-8,10-13,23H,9,22H2,1-4H3. The van der Waals surface area contributed by atoms with E-state index in [-0.39, 0.29) is 5.75 Å². The van der Waals surface area contributed by atoms with Crippen LogP contribution in [0.5, 0.6) is 17.2 Å². The van der Waals surface area contributed by atoms with E-state index in [0.29, 0.717) is 11.4 Å². The number of benzene rings is 2. The predicted octanol–water partition coefficient (Wildman–Crippen LogP) is 4.67. The maximum atomic E-state index is 9.70. The zero-order valence-electron chi connectivity index (χ0n) is 15.2. The number of hydrogen-bond acceptors (Lipinski definition) is 4. The van der Waals surface area contributed by atoms with Gasteiger partial charge in [-0.15, -0.1) is 0 Å². The minimum absolute atomic E-state index is 0.120. The third-order valence-corrected chi connectivity index (χ3v) is 3.86. The topological polar surface area (TPSA) is 64.7 Å². The molecule has 0 aliphatic heterocycles. The van der Waals surface area contributed by atoms with Gasteiger partial charge >= 0.3 is 0 Å². The second-order valence-corrected chi connectivity index (χ2v) is 6.04. The van der Waals surface area contributed by atoms with Crippen molar-refractivity contribution in [3.8, 4) is 17.2 Å². The van der Waals surface area contributed by atoms with Crippen molar-refractivity contribution < 1.29 is 14.6 Å². The van der Waals surface area contributed by atoms with Gasteiger partial charge < -0.3 is 20.3 Å². The lowest BCUT2D eigenvalue weighted by molar-refractivity contribution is 0.373. The molecule has 0 amide bonds. The van der Waals surface area contributed by atoms with Gasteiger partial charge in [-0.1, -0.05) is 29.9 Å². The number of rotatable bonds is 6. The van der Waals surface area contributed by atoms with E-state index in [0.717, 1.165) is 28.9 Å². The average Bonchev–Trinajstić information content (AvgIpc) is 2.59. The summed E-state index contributed by atoms with van der Waals surface area (Å²) in [5, 5.41) is 9.70. The van der Waals surface area contributed by atoms with Crippen LogP contribution in [0.3, 0.4) is 0 Å². The molecule has 2 aromatic rings. The van der Waals surface area contributed by atoms with Crippen molar-refractivity contribution in [1.29, 1.82) is 0 Å². The van der Waals surface area contributed by atoms with Crippen LogP contribution in [0.25, 0.3) is 12.2 Å². The predicted molar refractivity (Wildman–Crippen MR) is 104 cm³/mol. The molecule has 0 unspecified atom stereocenters. The van der Waals surface area contributed by atoms with Crippen LogP contribution in [0.2, 0.25) is 0 Å². The van der Waals surface area contributed by atoms with E-state index in [1.807, 2.05) is 30.4 Å². The largest absolute Gasteiger partial charge is 0.504 e. The number of allylic oxidation sites excluding steroid dienone is 2. The monoisotopic (exact) mass is 339 g/mol. The number of methoxy groups -OCH3 is 2. The molecule has 4 nitrogen and oxygen atoms in total. The van der Waals surface area contributed by atoms with Crippen molar-refractivity contribution in [3.63, 3.8) is 0 Å². The highest BCUT2D eigenvalue weighted by Crippen LogP contribution is 2.30. The molecule has 2 rings (SSSR count). The maximum Gasteiger partial charge on any atom is 0.161 e. The van der Waals surface area contributed by atoms with Crippen molar-refractivity contribution in [2.24, 2.45) is 0 Å². The molecule has 0 bridgehead atoms. The van der Waals surface area contributed by atoms with Gasteiger partial charge in [0.15, 0.2) is 11.5 Å². The van der Waals surface area contributed by atoms with Gasteiger partial charge in [0, 0.05) is 17.3 Å². The lowest BCUT2D eigenvalue weighted by atomic mass is 10.00. The van der Waals surface area contributed by atoms with Crippen LogP contribution in [0.1, 0.15) is 30.5 Å². The summed E-state index contributed by atoms with van der Waals surface area (Å²) >= 11 is 0. The summed E-state index contributed by atoms with van der Waals surface area (Å²) in [6.07, 6.45) is 6.89. The second-order valence-electron chi connectivity index (χ2n) is 6.04. The number of aromatic hydroxyl groups is 1. The second kappa shape index (κ2) is 8.29. The van der Waals surface area contributed by atoms with Crippen molar-refractivity contribution in [3.05, 3.63) is 58.7 Å². The molecule has 0 aliphatic rings. The molecule has 0 fully saturated rings. The smallest absolute Gasteiger partial charge is 0.161 e. The first-order valence-electron chi connectivity index (χ1n) is 8.09. The van der Waals surface area contributed by atoms with Crippen molar-refractivity contribution in [2.45, 2.75) is 20.3 Å². The van der Waals surface area contributed by atoms with Gasteiger partial charge in [0.1, 0.15) is 5.75 Å². The number of phenols is 1. The van der Waals surface area contributed by atoms with Crippen molar-refractivity contribution in [1.82, 2.24) is 0 Å². The Morgan fingerprint density at radius 1 is 1.04 bits per heavy atom. The quantitative estimate of drug-likeness (QED) is 0.456. The first-order chi connectivity index (χ1) is 11.9. The van der Waals surface area contributed by atoms with E-state index in [2.05, 4.69) is 19.9 Å². The van der Waals surface area contributed by atoms with Gasteiger partial charge in [0.25, 0.3) is 0 Å². The summed E-state index contributed by atoms with van der Waals surface area (Å²) < 4.78 is 10.7. The third kappa shape index (κ3) is 4.80. The zero-order valence-corrected chi connectivity index (χ0v) is 15.2. The fourth-order valence-electron chi connectivity index (χ4n) is 2.53. The van der Waals surface area contributed by atoms with E-state index in [4.69, 9.17) is 15.2 Å². The van der Waals surface area contributed by atoms with Gasteiger partial charge in [-0.25, -0.2) is 0 Å². The van der Waals surface area contributed by atoms with E-state index in [9.17, 15) is 5.11 Å². The number of nitrogen functional groups attached to an aromatic ring is 1. The van der Waals surface area contributed by atoms with Crippen LogP contribution in [-0.4, -0.2) is 19.3 Å². The fraction of sp³-hybridized carbons (Fsp3) is 0.238. The summed E-state index contributed by atoms with van der Waals surface area (Å²) in [4.78, 5) is 0. The van der Waals surface area contributed by atoms with Crippen LogP contribution >= 0.6 is 0 Å². The number of nitrogens with two attached hydrogens (primary N) is 1. The molecule has 0 atom stereocenters. The van der Waals surface area contributed by atoms with E-state index < -0.39 is 0 Å². The lowest BCUT2D eigenvalue weighted by Crippen LogP contribution is -1.97. The summed E-state index contributed by atoms with van der Waals surface area (Å²) in [5.41, 5.74) is 10.9. The molecular weight excluding hydrogens is 314 g/mol. The molecule has 0 saturated heterocycles. The molecule has 132 valence electrons. The van der Waals surface area contributed by atoms with Gasteiger partial charge in [-0.3, -0.25) is 0 Å². The first kappa shape index (κ1) is 18.5. The Morgan fingerprint density at radius 2 is 1.76 bits per heavy atom. The molecule has 0 heterocycles. The molecule has 0 saturated carbocycles. The number of anilines is 1. The van der Waals surface area contributed by atoms with E-state index in [1.165, 1.54) is 12.7 Å². The van der Waals surface area contributed by atoms with Gasteiger partial charge in [-0.05, 0) is 49.6 Å². The zero-order chi connectivity index (χ0) is 18.4. The van der Waals surface area contributed by atoms with Crippen molar-refractivity contribution in [2.75, 3.05) is 20.0 Å². The van der Waals surface area contributed by atoms with Crippen LogP contribution in [0, 0.1) is 0 Å². The van der Waals surface area contributed by atoms with Crippen LogP contribution in [-0.2, 0) is 6.42 Å². The highest BCUT2D eigenvalue weighted by atomic mass is 16.5. The van der Waals surface area contributed by atoms with Gasteiger partial charge in [0.05, 0.1) is 14.2 Å². The number of phenolic OH excluding ortho intramolecular Hbond substituents is 1. The van der Waals surface area contributed by atoms with Crippen LogP contribution in [0.4, 0.5) is 5.69 Å². The Hall–Kier alpha value is -2.88. The fourth-order valence-corrected chi connectivity index (χ4v) is 2.53. The third-order valence-electron chi connectivity index (χ3n) is 3.86. The molecule has 0 aliphatic carbocycles. The Labute approximate surface area is 149 Å². The highest BCUT2D eigenvalue weighted by Gasteiger charge is 2.08. The van der Waals surface area contributed by atoms with Gasteiger partial charge in [-0.2, -0.15) is 0 Å². The molecule has 25 heavy (non-hydrogen) atoms. The summed E-state index contributed by atoms with van der Waals surface area (Å²) in [5.74, 6) is 1.34. The molecular formula is C21H25NO3. The number of ether oxygens (including phenoxy) is 2. The summed E-state index contributed by atoms with van der Waals surface area (Å²) in [6.45, 7) is 4.14. The van der Waals surface area contributed by atoms with E-state index >= 15 is 0 Å². The average molecular weight is 339 g/mol. The molecule has 0 radical (unpaired) electrons. The lowest BCUT2D eigenvalue weighted by Gasteiger charge is -2.12. The normalized spacial score (nSPS) is 10.7. The molecule has 4 heteroatoms. The Kier molecular flexibility index (Phi) is 6.12. The Balaban J connectivity index is 2.43. The minimum Gasteiger partial charge on any atom is -0.504 e. The Morgan fingerprint density at radius 3 is 2.40 bits per heavy atom. The van der Waals surface area contributed by atoms with Crippen LogP contribution < -0.4 is 15.2 Å². The number of hydrogen-bond donors (Lipinski definition) is 2. The molecule has 0 aromatic heterocycles. The molecule has 3 N–H and O–H groups in total. The van der Waals surface area contributed by atoms with Crippen LogP contribution in [0.15, 0.2) is 42.0 Å². The highest BCUT2D eigenvalue weighted by molar-refractivity contribution is 5.75. The molecule has 2 aromatic carbocycles. The molecule has 0 spiro atoms. The van der Waals surface area contributed by atoms with Gasteiger partial charge in [0.2, 0.25) is 0 Å².